The molecule has 1 unspecified atom stereocenters. The van der Waals surface area contributed by atoms with E-state index in [1.807, 2.05) is 26.8 Å². The third-order valence-electron chi connectivity index (χ3n) is 2.88. The van der Waals surface area contributed by atoms with Crippen LogP contribution in [0.3, 0.4) is 0 Å². The molecule has 0 heterocycles. The van der Waals surface area contributed by atoms with Gasteiger partial charge < -0.3 is 16.2 Å². The van der Waals surface area contributed by atoms with E-state index in [-0.39, 0.29) is 34.5 Å². The van der Waals surface area contributed by atoms with Gasteiger partial charge in [-0.25, -0.2) is 4.39 Å². The predicted octanol–water partition coefficient (Wildman–Crippen LogP) is 2.01. The van der Waals surface area contributed by atoms with E-state index in [1.165, 1.54) is 13.0 Å². The average molecular weight is 265 g/mol. The standard InChI is InChI=1S/C14H20FN3O/c1-8-12(15)10(5-9(6-16)13(8)17)11(19)7-18-14(2,3)4/h5,11,18-19H,7,17H2,1-4H3. The van der Waals surface area contributed by atoms with E-state index in [2.05, 4.69) is 5.32 Å². The van der Waals surface area contributed by atoms with Gasteiger partial charge >= 0.3 is 0 Å². The average Bonchev–Trinajstić information content (AvgIpc) is 2.33. The van der Waals surface area contributed by atoms with Crippen molar-refractivity contribution < 1.29 is 9.50 Å². The molecule has 0 amide bonds. The maximum atomic E-state index is 14.1. The van der Waals surface area contributed by atoms with E-state index < -0.39 is 11.9 Å². The summed E-state index contributed by atoms with van der Waals surface area (Å²) < 4.78 is 14.1. The summed E-state index contributed by atoms with van der Waals surface area (Å²) in [4.78, 5) is 0. The molecule has 0 aliphatic heterocycles. The van der Waals surface area contributed by atoms with Crippen LogP contribution in [0.15, 0.2) is 6.07 Å². The highest BCUT2D eigenvalue weighted by atomic mass is 19.1. The summed E-state index contributed by atoms with van der Waals surface area (Å²) in [7, 11) is 0. The van der Waals surface area contributed by atoms with Crippen molar-refractivity contribution in [3.8, 4) is 6.07 Å². The second-order valence-corrected chi connectivity index (χ2v) is 5.62. The molecule has 0 fully saturated rings. The van der Waals surface area contributed by atoms with Crippen LogP contribution in [-0.2, 0) is 0 Å². The molecular weight excluding hydrogens is 245 g/mol. The zero-order valence-electron chi connectivity index (χ0n) is 11.7. The number of aliphatic hydroxyl groups excluding tert-OH is 1. The lowest BCUT2D eigenvalue weighted by atomic mass is 9.99. The lowest BCUT2D eigenvalue weighted by molar-refractivity contribution is 0.159. The molecule has 4 nitrogen and oxygen atoms in total. The van der Waals surface area contributed by atoms with Gasteiger partial charge in [0.05, 0.1) is 17.4 Å². The Kier molecular flexibility index (Phi) is 4.51. The number of nitrogens with zero attached hydrogens (tertiary/aromatic N) is 1. The predicted molar refractivity (Wildman–Crippen MR) is 73.0 cm³/mol. The molecule has 0 aliphatic carbocycles. The fraction of sp³-hybridized carbons (Fsp3) is 0.500. The number of anilines is 1. The maximum Gasteiger partial charge on any atom is 0.134 e. The number of nitrogens with one attached hydrogen (secondary N) is 1. The largest absolute Gasteiger partial charge is 0.397 e. The van der Waals surface area contributed by atoms with Crippen LogP contribution in [0.5, 0.6) is 0 Å². The Morgan fingerprint density at radius 1 is 1.53 bits per heavy atom. The van der Waals surface area contributed by atoms with Crippen LogP contribution in [0.2, 0.25) is 0 Å². The van der Waals surface area contributed by atoms with Gasteiger partial charge in [-0.2, -0.15) is 5.26 Å². The number of nitrogen functional groups attached to an aromatic ring is 1. The van der Waals surface area contributed by atoms with Gasteiger partial charge in [0.1, 0.15) is 11.9 Å². The van der Waals surface area contributed by atoms with Crippen LogP contribution in [0.25, 0.3) is 0 Å². The SMILES string of the molecule is Cc1c(N)c(C#N)cc(C(O)CNC(C)(C)C)c1F. The molecule has 0 aromatic heterocycles. The molecule has 1 atom stereocenters. The molecule has 1 aromatic carbocycles. The van der Waals surface area contributed by atoms with Crippen molar-refractivity contribution in [1.29, 1.82) is 5.26 Å². The number of benzene rings is 1. The van der Waals surface area contributed by atoms with E-state index in [0.717, 1.165) is 0 Å². The molecule has 0 bridgehead atoms. The molecule has 0 spiro atoms. The highest BCUT2D eigenvalue weighted by Crippen LogP contribution is 2.27. The number of rotatable bonds is 3. The minimum Gasteiger partial charge on any atom is -0.397 e. The summed E-state index contributed by atoms with van der Waals surface area (Å²) >= 11 is 0. The topological polar surface area (TPSA) is 82.1 Å². The van der Waals surface area contributed by atoms with Gasteiger partial charge in [0.15, 0.2) is 0 Å². The van der Waals surface area contributed by atoms with Gasteiger partial charge in [-0.1, -0.05) is 0 Å². The molecule has 0 saturated carbocycles. The maximum absolute atomic E-state index is 14.1. The van der Waals surface area contributed by atoms with Gasteiger partial charge in [0.2, 0.25) is 0 Å². The summed E-state index contributed by atoms with van der Waals surface area (Å²) in [5, 5.41) is 22.1. The first-order valence-corrected chi connectivity index (χ1v) is 6.09. The van der Waals surface area contributed by atoms with Crippen LogP contribution >= 0.6 is 0 Å². The summed E-state index contributed by atoms with van der Waals surface area (Å²) in [6.45, 7) is 7.55. The van der Waals surface area contributed by atoms with Crippen molar-refractivity contribution in [1.82, 2.24) is 5.32 Å². The lowest BCUT2D eigenvalue weighted by Crippen LogP contribution is -2.38. The van der Waals surface area contributed by atoms with Crippen LogP contribution in [-0.4, -0.2) is 17.2 Å². The van der Waals surface area contributed by atoms with Gasteiger partial charge in [-0.3, -0.25) is 0 Å². The zero-order chi connectivity index (χ0) is 14.8. The van der Waals surface area contributed by atoms with Crippen molar-refractivity contribution >= 4 is 5.69 Å². The third kappa shape index (κ3) is 3.66. The number of hydrogen-bond donors (Lipinski definition) is 3. The molecule has 1 rings (SSSR count). The summed E-state index contributed by atoms with van der Waals surface area (Å²) in [6.07, 6.45) is -1.02. The number of nitrogens with two attached hydrogens (primary N) is 1. The Bertz CT molecular complexity index is 515. The van der Waals surface area contributed by atoms with Crippen molar-refractivity contribution in [3.05, 3.63) is 28.6 Å². The molecule has 1 aromatic rings. The summed E-state index contributed by atoms with van der Waals surface area (Å²) in [5.41, 5.74) is 6.07. The molecule has 0 saturated heterocycles. The molecule has 104 valence electrons. The third-order valence-corrected chi connectivity index (χ3v) is 2.88. The first-order chi connectivity index (χ1) is 8.67. The molecule has 0 aliphatic rings. The fourth-order valence-electron chi connectivity index (χ4n) is 1.68. The molecule has 19 heavy (non-hydrogen) atoms. The minimum absolute atomic E-state index is 0.0972. The van der Waals surface area contributed by atoms with Gasteiger partial charge in [0.25, 0.3) is 0 Å². The van der Waals surface area contributed by atoms with Crippen molar-refractivity contribution in [3.63, 3.8) is 0 Å². The van der Waals surface area contributed by atoms with E-state index in [9.17, 15) is 9.50 Å². The van der Waals surface area contributed by atoms with Crippen LogP contribution in [0.1, 0.15) is 43.6 Å². The fourth-order valence-corrected chi connectivity index (χ4v) is 1.68. The van der Waals surface area contributed by atoms with Crippen molar-refractivity contribution in [2.75, 3.05) is 12.3 Å². The normalized spacial score (nSPS) is 13.1. The van der Waals surface area contributed by atoms with Crippen LogP contribution < -0.4 is 11.1 Å². The second kappa shape index (κ2) is 5.55. The van der Waals surface area contributed by atoms with Gasteiger partial charge in [-0.15, -0.1) is 0 Å². The summed E-state index contributed by atoms with van der Waals surface area (Å²) in [6, 6.07) is 3.22. The lowest BCUT2D eigenvalue weighted by Gasteiger charge is -2.23. The zero-order valence-corrected chi connectivity index (χ0v) is 11.7. The Morgan fingerprint density at radius 3 is 2.58 bits per heavy atom. The number of hydrogen-bond acceptors (Lipinski definition) is 4. The van der Waals surface area contributed by atoms with Gasteiger partial charge in [0, 0.05) is 23.2 Å². The minimum atomic E-state index is -1.02. The Morgan fingerprint density at radius 2 is 2.11 bits per heavy atom. The number of halogens is 1. The van der Waals surface area contributed by atoms with Crippen molar-refractivity contribution in [2.24, 2.45) is 0 Å². The number of β-amino-alcohol motifs (C(OH)–C–C–N with tert-alkyl or cyclic N) is 1. The molecular formula is C14H20FN3O. The molecule has 4 N–H and O–H groups in total. The number of aliphatic hydroxyl groups is 1. The van der Waals surface area contributed by atoms with Gasteiger partial charge in [-0.05, 0) is 33.8 Å². The smallest absolute Gasteiger partial charge is 0.134 e. The highest BCUT2D eigenvalue weighted by molar-refractivity contribution is 5.61. The molecule has 0 radical (unpaired) electrons. The van der Waals surface area contributed by atoms with E-state index >= 15 is 0 Å². The Balaban J connectivity index is 3.07. The van der Waals surface area contributed by atoms with E-state index in [1.54, 1.807) is 0 Å². The number of nitriles is 1. The summed E-state index contributed by atoms with van der Waals surface area (Å²) in [5.74, 6) is -0.556. The second-order valence-electron chi connectivity index (χ2n) is 5.62. The highest BCUT2D eigenvalue weighted by Gasteiger charge is 2.20. The van der Waals surface area contributed by atoms with Crippen LogP contribution in [0.4, 0.5) is 10.1 Å². The molecule has 5 heteroatoms. The monoisotopic (exact) mass is 265 g/mol. The first kappa shape index (κ1) is 15.4. The quantitative estimate of drug-likeness (QED) is 0.730. The first-order valence-electron chi connectivity index (χ1n) is 6.09. The Hall–Kier alpha value is -1.64. The Labute approximate surface area is 113 Å². The van der Waals surface area contributed by atoms with E-state index in [0.29, 0.717) is 0 Å². The van der Waals surface area contributed by atoms with Crippen molar-refractivity contribution in [2.45, 2.75) is 39.3 Å². The van der Waals surface area contributed by atoms with Crippen LogP contribution in [0, 0.1) is 24.1 Å². The van der Waals surface area contributed by atoms with E-state index in [4.69, 9.17) is 11.0 Å².